The Morgan fingerprint density at radius 3 is 2.52 bits per heavy atom. The van der Waals surface area contributed by atoms with Crippen LogP contribution in [-0.4, -0.2) is 41.3 Å². The van der Waals surface area contributed by atoms with Crippen molar-refractivity contribution in [2.45, 2.75) is 52.7 Å². The van der Waals surface area contributed by atoms with Gasteiger partial charge in [-0.05, 0) is 25.3 Å². The van der Waals surface area contributed by atoms with Crippen LogP contribution in [0.15, 0.2) is 47.4 Å². The average molecular weight is 430 g/mol. The van der Waals surface area contributed by atoms with Gasteiger partial charge in [0, 0.05) is 38.4 Å². The third kappa shape index (κ3) is 5.47. The van der Waals surface area contributed by atoms with Crippen LogP contribution >= 0.6 is 0 Å². The molecule has 7 heteroatoms. The van der Waals surface area contributed by atoms with Crippen LogP contribution in [0.25, 0.3) is 0 Å². The van der Waals surface area contributed by atoms with Crippen LogP contribution in [0.2, 0.25) is 0 Å². The Hall–Kier alpha value is -2.80. The normalized spacial score (nSPS) is 20.5. The molecule has 2 atom stereocenters. The predicted octanol–water partition coefficient (Wildman–Crippen LogP) is 3.44. The Balaban J connectivity index is 0.00000166. The molecule has 0 spiro atoms. The summed E-state index contributed by atoms with van der Waals surface area (Å²) in [6.07, 6.45) is 3.00. The Kier molecular flexibility index (Phi) is 8.68. The van der Waals surface area contributed by atoms with Crippen LogP contribution in [0.4, 0.5) is 0 Å². The molecule has 2 unspecified atom stereocenters. The second kappa shape index (κ2) is 11.0. The molecule has 170 valence electrons. The summed E-state index contributed by atoms with van der Waals surface area (Å²) in [6, 6.07) is 10.8. The summed E-state index contributed by atoms with van der Waals surface area (Å²) in [5, 5.41) is 0. The van der Waals surface area contributed by atoms with Crippen molar-refractivity contribution in [3.63, 3.8) is 0 Å². The van der Waals surface area contributed by atoms with E-state index in [1.807, 2.05) is 44.2 Å². The summed E-state index contributed by atoms with van der Waals surface area (Å²) in [4.78, 5) is 27.6. The summed E-state index contributed by atoms with van der Waals surface area (Å²) in [5.74, 6) is 5.92. The smallest absolute Gasteiger partial charge is 0.276 e. The Morgan fingerprint density at radius 2 is 1.90 bits per heavy atom. The highest BCUT2D eigenvalue weighted by molar-refractivity contribution is 5.95. The highest BCUT2D eigenvalue weighted by atomic mass is 16.5. The summed E-state index contributed by atoms with van der Waals surface area (Å²) in [7, 11) is 1.71. The number of methoxy groups -OCH3 is 1. The van der Waals surface area contributed by atoms with E-state index in [2.05, 4.69) is 13.8 Å². The van der Waals surface area contributed by atoms with Crippen molar-refractivity contribution in [1.82, 2.24) is 9.58 Å². The minimum atomic E-state index is -0.364. The van der Waals surface area contributed by atoms with Crippen molar-refractivity contribution in [2.75, 3.05) is 26.0 Å². The van der Waals surface area contributed by atoms with Gasteiger partial charge in [-0.3, -0.25) is 14.3 Å². The Morgan fingerprint density at radius 1 is 1.23 bits per heavy atom. The number of carbonyl (C=O) groups excluding carboxylic acids is 1. The number of nitrogens with zero attached hydrogens (tertiary/aromatic N) is 2. The molecule has 3 rings (SSSR count). The maximum Gasteiger partial charge on any atom is 0.276 e. The first-order chi connectivity index (χ1) is 14.9. The minimum absolute atomic E-state index is 0.0167. The molecule has 1 aromatic carbocycles. The lowest BCUT2D eigenvalue weighted by Crippen LogP contribution is -2.53. The Bertz CT molecular complexity index is 913. The first-order valence-corrected chi connectivity index (χ1v) is 10.9. The molecule has 2 heterocycles. The lowest BCUT2D eigenvalue weighted by atomic mass is 9.80. The molecule has 2 aromatic rings. The standard InChI is InChI=1S/C22H29N3O4.C2H6/c1-4-17-14-24(13-11-22(17,2)28-3)21(27)19-20(18(26)10-12-25(19)23)29-15-16-8-6-5-7-9-16;1-2/h5-10,12,17H,4,11,13-15,23H2,1-3H3;1-2H3. The molecule has 0 bridgehead atoms. The van der Waals surface area contributed by atoms with Crippen molar-refractivity contribution in [1.29, 1.82) is 0 Å². The third-order valence-corrected chi connectivity index (χ3v) is 5.94. The summed E-state index contributed by atoms with van der Waals surface area (Å²) >= 11 is 0. The zero-order chi connectivity index (χ0) is 23.0. The number of benzene rings is 1. The number of pyridine rings is 1. The maximum atomic E-state index is 13.3. The molecule has 1 amide bonds. The fourth-order valence-corrected chi connectivity index (χ4v) is 3.88. The zero-order valence-corrected chi connectivity index (χ0v) is 19.3. The molecule has 0 radical (unpaired) electrons. The first kappa shape index (κ1) is 24.5. The van der Waals surface area contributed by atoms with Crippen LogP contribution in [0.1, 0.15) is 56.6 Å². The van der Waals surface area contributed by atoms with Gasteiger partial charge >= 0.3 is 0 Å². The second-order valence-electron chi connectivity index (χ2n) is 7.66. The van der Waals surface area contributed by atoms with E-state index >= 15 is 0 Å². The number of carbonyl (C=O) groups is 1. The van der Waals surface area contributed by atoms with E-state index in [4.69, 9.17) is 15.3 Å². The number of nitrogen functional groups attached to an aromatic ring is 1. The van der Waals surface area contributed by atoms with Gasteiger partial charge in [0.15, 0.2) is 11.4 Å². The van der Waals surface area contributed by atoms with Crippen LogP contribution < -0.4 is 16.0 Å². The minimum Gasteiger partial charge on any atom is -0.482 e. The largest absolute Gasteiger partial charge is 0.482 e. The van der Waals surface area contributed by atoms with Gasteiger partial charge in [-0.1, -0.05) is 51.1 Å². The van der Waals surface area contributed by atoms with E-state index in [1.54, 1.807) is 12.0 Å². The van der Waals surface area contributed by atoms with E-state index in [0.29, 0.717) is 13.1 Å². The van der Waals surface area contributed by atoms with E-state index < -0.39 is 0 Å². The number of piperidine rings is 1. The van der Waals surface area contributed by atoms with Crippen LogP contribution in [0.5, 0.6) is 5.75 Å². The van der Waals surface area contributed by atoms with Crippen molar-refractivity contribution in [2.24, 2.45) is 5.92 Å². The molecule has 0 saturated carbocycles. The molecule has 1 aliphatic heterocycles. The quantitative estimate of drug-likeness (QED) is 0.711. The van der Waals surface area contributed by atoms with Crippen LogP contribution in [-0.2, 0) is 11.3 Å². The van der Waals surface area contributed by atoms with Crippen molar-refractivity contribution in [3.05, 3.63) is 64.1 Å². The number of amides is 1. The molecule has 31 heavy (non-hydrogen) atoms. The number of hydrogen-bond donors (Lipinski definition) is 1. The molecule has 1 aliphatic rings. The number of likely N-dealkylation sites (tertiary alicyclic amines) is 1. The molecule has 2 N–H and O–H groups in total. The van der Waals surface area contributed by atoms with Gasteiger partial charge in [-0.15, -0.1) is 0 Å². The van der Waals surface area contributed by atoms with Gasteiger partial charge in [0.2, 0.25) is 5.43 Å². The predicted molar refractivity (Wildman–Crippen MR) is 123 cm³/mol. The average Bonchev–Trinajstić information content (AvgIpc) is 2.81. The van der Waals surface area contributed by atoms with Gasteiger partial charge in [0.05, 0.1) is 5.60 Å². The van der Waals surface area contributed by atoms with Crippen LogP contribution in [0.3, 0.4) is 0 Å². The first-order valence-electron chi connectivity index (χ1n) is 10.9. The fourth-order valence-electron chi connectivity index (χ4n) is 3.88. The lowest BCUT2D eigenvalue weighted by Gasteiger charge is -2.44. The number of aromatic nitrogens is 1. The highest BCUT2D eigenvalue weighted by Gasteiger charge is 2.40. The number of ether oxygens (including phenoxy) is 2. The third-order valence-electron chi connectivity index (χ3n) is 5.94. The maximum absolute atomic E-state index is 13.3. The lowest BCUT2D eigenvalue weighted by molar-refractivity contribution is -0.0828. The van der Waals surface area contributed by atoms with Crippen molar-refractivity contribution >= 4 is 5.91 Å². The summed E-state index contributed by atoms with van der Waals surface area (Å²) < 4.78 is 12.7. The molecule has 0 aliphatic carbocycles. The second-order valence-corrected chi connectivity index (χ2v) is 7.66. The Labute approximate surface area is 184 Å². The van der Waals surface area contributed by atoms with Gasteiger partial charge < -0.3 is 20.2 Å². The topological polar surface area (TPSA) is 86.8 Å². The van der Waals surface area contributed by atoms with Crippen molar-refractivity contribution in [3.8, 4) is 5.75 Å². The fraction of sp³-hybridized carbons (Fsp3) is 0.500. The van der Waals surface area contributed by atoms with Crippen molar-refractivity contribution < 1.29 is 14.3 Å². The molecule has 1 aromatic heterocycles. The summed E-state index contributed by atoms with van der Waals surface area (Å²) in [6.45, 7) is 9.42. The number of nitrogens with two attached hydrogens (primary N) is 1. The monoisotopic (exact) mass is 429 g/mol. The molecular weight excluding hydrogens is 394 g/mol. The van der Waals surface area contributed by atoms with Gasteiger partial charge in [-0.25, -0.2) is 0 Å². The SMILES string of the molecule is CC.CCC1CN(C(=O)c2c(OCc3ccccc3)c(=O)ccn2N)CCC1(C)OC. The number of hydrogen-bond acceptors (Lipinski definition) is 5. The van der Waals surface area contributed by atoms with E-state index in [1.165, 1.54) is 16.9 Å². The molecule has 1 saturated heterocycles. The number of rotatable bonds is 6. The van der Waals surface area contributed by atoms with Gasteiger partial charge in [0.25, 0.3) is 5.91 Å². The summed E-state index contributed by atoms with van der Waals surface area (Å²) in [5.41, 5.74) is 0.343. The van der Waals surface area contributed by atoms with E-state index in [0.717, 1.165) is 18.4 Å². The van der Waals surface area contributed by atoms with Crippen LogP contribution in [0, 0.1) is 5.92 Å². The van der Waals surface area contributed by atoms with E-state index in [-0.39, 0.29) is 40.9 Å². The molecule has 7 nitrogen and oxygen atoms in total. The molecule has 1 fully saturated rings. The zero-order valence-electron chi connectivity index (χ0n) is 19.3. The molecular formula is C24H35N3O4. The van der Waals surface area contributed by atoms with Gasteiger partial charge in [-0.2, -0.15) is 0 Å². The highest BCUT2D eigenvalue weighted by Crippen LogP contribution is 2.34. The van der Waals surface area contributed by atoms with E-state index in [9.17, 15) is 9.59 Å². The van der Waals surface area contributed by atoms with Gasteiger partial charge in [0.1, 0.15) is 6.61 Å².